The van der Waals surface area contributed by atoms with E-state index in [0.717, 1.165) is 25.6 Å². The highest BCUT2D eigenvalue weighted by Gasteiger charge is 2.33. The molecule has 0 aromatic rings. The van der Waals surface area contributed by atoms with Gasteiger partial charge in [0.25, 0.3) is 5.97 Å². The number of piperidine rings is 1. The second kappa shape index (κ2) is 8.52. The number of carbonyl (C=O) groups is 2. The van der Waals surface area contributed by atoms with Crippen LogP contribution in [0, 0.1) is 11.8 Å². The van der Waals surface area contributed by atoms with Crippen molar-refractivity contribution in [2.75, 3.05) is 6.54 Å². The summed E-state index contributed by atoms with van der Waals surface area (Å²) in [4.78, 5) is 20.8. The van der Waals surface area contributed by atoms with Gasteiger partial charge in [-0.2, -0.15) is 0 Å². The van der Waals surface area contributed by atoms with Crippen LogP contribution in [0.15, 0.2) is 47.9 Å². The highest BCUT2D eigenvalue weighted by molar-refractivity contribution is 5.79. The maximum atomic E-state index is 11.8. The predicted octanol–water partition coefficient (Wildman–Crippen LogP) is 2.89. The van der Waals surface area contributed by atoms with Crippen LogP contribution in [0.3, 0.4) is 0 Å². The number of amides is 1. The number of hydrogen-bond acceptors (Lipinski definition) is 3. The number of fused-ring (bicyclic) bond motifs is 2. The number of allylic oxidation sites excluding steroid dienone is 5. The monoisotopic (exact) mass is 330 g/mol. The fourth-order valence-corrected chi connectivity index (χ4v) is 3.57. The predicted molar refractivity (Wildman–Crippen MR) is 94.0 cm³/mol. The number of nitrogens with one attached hydrogen (secondary N) is 2. The van der Waals surface area contributed by atoms with Crippen LogP contribution in [-0.2, 0) is 9.59 Å². The summed E-state index contributed by atoms with van der Waals surface area (Å²) in [7, 11) is 0. The van der Waals surface area contributed by atoms with Gasteiger partial charge in [0, 0.05) is 37.2 Å². The summed E-state index contributed by atoms with van der Waals surface area (Å²) in [5.41, 5.74) is 3.86. The molecule has 0 aromatic carbocycles. The van der Waals surface area contributed by atoms with Gasteiger partial charge in [0.05, 0.1) is 0 Å². The molecule has 2 aliphatic carbocycles. The first-order valence-electron chi connectivity index (χ1n) is 8.49. The first kappa shape index (κ1) is 18.0. The van der Waals surface area contributed by atoms with Gasteiger partial charge in [-0.15, -0.1) is 6.58 Å². The van der Waals surface area contributed by atoms with Crippen molar-refractivity contribution in [3.05, 3.63) is 47.9 Å². The molecular weight excluding hydrogens is 304 g/mol. The van der Waals surface area contributed by atoms with Gasteiger partial charge in [-0.1, -0.05) is 18.2 Å². The third-order valence-electron chi connectivity index (χ3n) is 4.48. The Kier molecular flexibility index (Phi) is 6.41. The average Bonchev–Trinajstić information content (AvgIpc) is 2.54. The lowest BCUT2D eigenvalue weighted by Gasteiger charge is -2.38. The summed E-state index contributed by atoms with van der Waals surface area (Å²) in [6.07, 6.45) is 13.3. The number of aliphatic carboxylic acids is 1. The van der Waals surface area contributed by atoms with E-state index in [2.05, 4.69) is 29.4 Å². The molecular formula is C19H26N2O3. The summed E-state index contributed by atoms with van der Waals surface area (Å²) in [5, 5.41) is 14.1. The highest BCUT2D eigenvalue weighted by Crippen LogP contribution is 2.41. The van der Waals surface area contributed by atoms with Crippen LogP contribution in [0.4, 0.5) is 0 Å². The Morgan fingerprint density at radius 1 is 1.42 bits per heavy atom. The van der Waals surface area contributed by atoms with Crippen molar-refractivity contribution in [3.63, 3.8) is 0 Å². The SMILES string of the molecule is C=CCC(=O)NC1=CC=CC2=C3NCCCC3CCC12.CC(=O)O. The second-order valence-electron chi connectivity index (χ2n) is 6.31. The van der Waals surface area contributed by atoms with E-state index in [0.29, 0.717) is 18.3 Å². The first-order chi connectivity index (χ1) is 11.5. The molecule has 0 saturated carbocycles. The zero-order valence-electron chi connectivity index (χ0n) is 14.2. The van der Waals surface area contributed by atoms with E-state index in [9.17, 15) is 4.79 Å². The van der Waals surface area contributed by atoms with Crippen LogP contribution in [0.2, 0.25) is 0 Å². The fourth-order valence-electron chi connectivity index (χ4n) is 3.57. The summed E-state index contributed by atoms with van der Waals surface area (Å²) in [5.74, 6) is 0.248. The molecule has 130 valence electrons. The molecule has 5 nitrogen and oxygen atoms in total. The summed E-state index contributed by atoms with van der Waals surface area (Å²) in [6, 6.07) is 0. The molecule has 0 radical (unpaired) electrons. The quantitative estimate of drug-likeness (QED) is 0.695. The minimum Gasteiger partial charge on any atom is -0.481 e. The van der Waals surface area contributed by atoms with Crippen molar-refractivity contribution < 1.29 is 14.7 Å². The van der Waals surface area contributed by atoms with Crippen molar-refractivity contribution in [1.29, 1.82) is 0 Å². The molecule has 3 rings (SSSR count). The van der Waals surface area contributed by atoms with Crippen molar-refractivity contribution in [2.45, 2.75) is 39.0 Å². The zero-order chi connectivity index (χ0) is 17.5. The Labute approximate surface area is 143 Å². The highest BCUT2D eigenvalue weighted by atomic mass is 16.4. The molecule has 1 heterocycles. The average molecular weight is 330 g/mol. The largest absolute Gasteiger partial charge is 0.481 e. The van der Waals surface area contributed by atoms with E-state index in [1.807, 2.05) is 6.08 Å². The molecule has 0 spiro atoms. The summed E-state index contributed by atoms with van der Waals surface area (Å²) >= 11 is 0. The number of carboxylic acid groups (broad SMARTS) is 1. The minimum atomic E-state index is -0.833. The van der Waals surface area contributed by atoms with E-state index in [4.69, 9.17) is 9.90 Å². The minimum absolute atomic E-state index is 0.0321. The summed E-state index contributed by atoms with van der Waals surface area (Å²) in [6.45, 7) is 5.78. The number of hydrogen-bond donors (Lipinski definition) is 3. The van der Waals surface area contributed by atoms with E-state index in [1.165, 1.54) is 30.5 Å². The van der Waals surface area contributed by atoms with Gasteiger partial charge < -0.3 is 15.7 Å². The topological polar surface area (TPSA) is 78.4 Å². The molecule has 3 N–H and O–H groups in total. The molecule has 2 unspecified atom stereocenters. The Bertz CT molecular complexity index is 598. The Hall–Kier alpha value is -2.30. The van der Waals surface area contributed by atoms with Crippen molar-refractivity contribution >= 4 is 11.9 Å². The fraction of sp³-hybridized carbons (Fsp3) is 0.474. The molecule has 1 fully saturated rings. The third-order valence-corrected chi connectivity index (χ3v) is 4.48. The van der Waals surface area contributed by atoms with Gasteiger partial charge in [0.15, 0.2) is 0 Å². The molecule has 1 saturated heterocycles. The first-order valence-corrected chi connectivity index (χ1v) is 8.49. The maximum absolute atomic E-state index is 11.8. The number of rotatable bonds is 3. The number of carboxylic acids is 1. The van der Waals surface area contributed by atoms with Crippen LogP contribution in [-0.4, -0.2) is 23.5 Å². The Morgan fingerprint density at radius 2 is 2.17 bits per heavy atom. The molecule has 0 aromatic heterocycles. The normalized spacial score (nSPS) is 24.3. The smallest absolute Gasteiger partial charge is 0.300 e. The molecule has 5 heteroatoms. The molecule has 24 heavy (non-hydrogen) atoms. The lowest BCUT2D eigenvalue weighted by molar-refractivity contribution is -0.134. The molecule has 0 bridgehead atoms. The van der Waals surface area contributed by atoms with E-state index >= 15 is 0 Å². The van der Waals surface area contributed by atoms with Gasteiger partial charge in [-0.25, -0.2) is 0 Å². The molecule has 3 aliphatic rings. The Balaban J connectivity index is 0.000000471. The zero-order valence-corrected chi connectivity index (χ0v) is 14.2. The maximum Gasteiger partial charge on any atom is 0.300 e. The molecule has 1 amide bonds. The van der Waals surface area contributed by atoms with Gasteiger partial charge in [0.2, 0.25) is 5.91 Å². The van der Waals surface area contributed by atoms with Crippen molar-refractivity contribution in [2.24, 2.45) is 11.8 Å². The molecule has 2 atom stereocenters. The van der Waals surface area contributed by atoms with E-state index < -0.39 is 5.97 Å². The lowest BCUT2D eigenvalue weighted by atomic mass is 9.74. The van der Waals surface area contributed by atoms with Crippen molar-refractivity contribution in [3.8, 4) is 0 Å². The van der Waals surface area contributed by atoms with Gasteiger partial charge in [-0.05, 0) is 43.3 Å². The number of carbonyl (C=O) groups excluding carboxylic acids is 1. The van der Waals surface area contributed by atoms with Crippen molar-refractivity contribution in [1.82, 2.24) is 10.6 Å². The van der Waals surface area contributed by atoms with Gasteiger partial charge in [-0.3, -0.25) is 9.59 Å². The van der Waals surface area contributed by atoms with Crippen LogP contribution in [0.25, 0.3) is 0 Å². The van der Waals surface area contributed by atoms with Gasteiger partial charge in [0.1, 0.15) is 0 Å². The van der Waals surface area contributed by atoms with Crippen LogP contribution >= 0.6 is 0 Å². The molecule has 1 aliphatic heterocycles. The summed E-state index contributed by atoms with van der Waals surface area (Å²) < 4.78 is 0. The standard InChI is InChI=1S/C17H22N2O.C2H4O2/c1-2-5-16(20)19-15-8-3-7-14-13(15)10-9-12-6-4-11-18-17(12)14;1-2(3)4/h2-3,7-8,12-13,18H,1,4-6,9-11H2,(H,19,20);1H3,(H,3,4). The van der Waals surface area contributed by atoms with Crippen LogP contribution in [0.5, 0.6) is 0 Å². The van der Waals surface area contributed by atoms with Gasteiger partial charge >= 0.3 is 0 Å². The van der Waals surface area contributed by atoms with Crippen LogP contribution in [0.1, 0.15) is 39.0 Å². The third kappa shape index (κ3) is 4.60. The van der Waals surface area contributed by atoms with E-state index in [1.54, 1.807) is 6.08 Å². The Morgan fingerprint density at radius 3 is 2.88 bits per heavy atom. The van der Waals surface area contributed by atoms with Crippen LogP contribution < -0.4 is 10.6 Å². The second-order valence-corrected chi connectivity index (χ2v) is 6.31. The van der Waals surface area contributed by atoms with E-state index in [-0.39, 0.29) is 5.91 Å². The lowest BCUT2D eigenvalue weighted by Crippen LogP contribution is -2.37.